The van der Waals surface area contributed by atoms with Crippen molar-refractivity contribution >= 4 is 27.4 Å². The molecule has 0 aromatic heterocycles. The van der Waals surface area contributed by atoms with E-state index >= 15 is 0 Å². The van der Waals surface area contributed by atoms with E-state index in [4.69, 9.17) is 9.47 Å². The molecule has 0 bridgehead atoms. The van der Waals surface area contributed by atoms with Crippen LogP contribution in [0.3, 0.4) is 0 Å². The highest BCUT2D eigenvalue weighted by molar-refractivity contribution is 7.90. The third kappa shape index (κ3) is 4.44. The van der Waals surface area contributed by atoms with Gasteiger partial charge in [0, 0.05) is 19.6 Å². The smallest absolute Gasteiger partial charge is 0.343 e. The molecule has 1 atom stereocenters. The second-order valence-electron chi connectivity index (χ2n) is 8.48. The van der Waals surface area contributed by atoms with Crippen molar-refractivity contribution in [2.24, 2.45) is 0 Å². The summed E-state index contributed by atoms with van der Waals surface area (Å²) in [5.74, 6) is 1.36. The standard InChI is InChI=1S/C26H27N3O5S/c1-33-23-12-6-7-13-24(23)34-21-15-16-27(19-21)17-18-28-26(30)29(20-9-3-2-4-10-20)22-11-5-8-14-25(22)35(28,31)32/h2-14,21H,15-19H2,1H3. The summed E-state index contributed by atoms with van der Waals surface area (Å²) >= 11 is 0. The average molecular weight is 494 g/mol. The topological polar surface area (TPSA) is 79.4 Å². The van der Waals surface area contributed by atoms with E-state index in [-0.39, 0.29) is 17.5 Å². The first kappa shape index (κ1) is 23.2. The monoisotopic (exact) mass is 493 g/mol. The van der Waals surface area contributed by atoms with E-state index in [1.54, 1.807) is 43.5 Å². The Hall–Kier alpha value is -3.56. The highest BCUT2D eigenvalue weighted by Crippen LogP contribution is 2.38. The number of benzene rings is 3. The minimum Gasteiger partial charge on any atom is -0.493 e. The van der Waals surface area contributed by atoms with Crippen LogP contribution in [0.2, 0.25) is 0 Å². The number of hydrogen-bond acceptors (Lipinski definition) is 6. The number of nitrogens with zero attached hydrogens (tertiary/aromatic N) is 3. The highest BCUT2D eigenvalue weighted by Gasteiger charge is 2.42. The number of carbonyl (C=O) groups excluding carboxylic acids is 1. The Bertz CT molecular complexity index is 1320. The summed E-state index contributed by atoms with van der Waals surface area (Å²) < 4.78 is 39.3. The SMILES string of the molecule is COc1ccccc1OC1CCN(CCN2C(=O)N(c3ccccc3)c3ccccc3S2(=O)=O)C1. The number of para-hydroxylation sites is 4. The van der Waals surface area contributed by atoms with Gasteiger partial charge < -0.3 is 9.47 Å². The van der Waals surface area contributed by atoms with Crippen LogP contribution in [-0.4, -0.2) is 63.0 Å². The Morgan fingerprint density at radius 3 is 2.34 bits per heavy atom. The van der Waals surface area contributed by atoms with Gasteiger partial charge in [-0.3, -0.25) is 9.80 Å². The average Bonchev–Trinajstić information content (AvgIpc) is 3.32. The summed E-state index contributed by atoms with van der Waals surface area (Å²) in [6.07, 6.45) is 0.763. The molecule has 2 amide bonds. The first-order valence-corrected chi connectivity index (χ1v) is 13.0. The zero-order valence-electron chi connectivity index (χ0n) is 19.4. The van der Waals surface area contributed by atoms with Gasteiger partial charge in [-0.15, -0.1) is 0 Å². The number of amides is 2. The molecule has 182 valence electrons. The molecule has 35 heavy (non-hydrogen) atoms. The number of fused-ring (bicyclic) bond motifs is 1. The first-order chi connectivity index (χ1) is 17.0. The van der Waals surface area contributed by atoms with E-state index in [0.29, 0.717) is 36.0 Å². The lowest BCUT2D eigenvalue weighted by Gasteiger charge is -2.36. The lowest BCUT2D eigenvalue weighted by molar-refractivity contribution is 0.189. The Morgan fingerprint density at radius 1 is 0.886 bits per heavy atom. The molecule has 0 N–H and O–H groups in total. The normalized spacial score (nSPS) is 19.5. The van der Waals surface area contributed by atoms with Gasteiger partial charge in [-0.05, 0) is 42.8 Å². The number of ether oxygens (including phenoxy) is 2. The molecule has 5 rings (SSSR count). The van der Waals surface area contributed by atoms with E-state index in [0.717, 1.165) is 17.3 Å². The van der Waals surface area contributed by atoms with Crippen LogP contribution in [0.4, 0.5) is 16.2 Å². The summed E-state index contributed by atoms with van der Waals surface area (Å²) in [6.45, 7) is 1.86. The fourth-order valence-corrected chi connectivity index (χ4v) is 6.08. The lowest BCUT2D eigenvalue weighted by Crippen LogP contribution is -2.51. The maximum atomic E-state index is 13.5. The number of hydrogen-bond donors (Lipinski definition) is 0. The number of carbonyl (C=O) groups is 1. The second kappa shape index (κ2) is 9.59. The number of anilines is 2. The quantitative estimate of drug-likeness (QED) is 0.493. The molecule has 0 saturated carbocycles. The molecule has 1 fully saturated rings. The summed E-state index contributed by atoms with van der Waals surface area (Å²) in [5, 5.41) is 0. The minimum absolute atomic E-state index is 0.0403. The fourth-order valence-electron chi connectivity index (χ4n) is 4.56. The molecule has 1 unspecified atom stereocenters. The number of urea groups is 1. The van der Waals surface area contributed by atoms with Crippen molar-refractivity contribution in [3.63, 3.8) is 0 Å². The second-order valence-corrected chi connectivity index (χ2v) is 10.3. The van der Waals surface area contributed by atoms with Crippen LogP contribution in [0.25, 0.3) is 0 Å². The van der Waals surface area contributed by atoms with Crippen LogP contribution in [0.5, 0.6) is 11.5 Å². The molecule has 3 aromatic carbocycles. The molecule has 0 spiro atoms. The predicted molar refractivity (Wildman–Crippen MR) is 133 cm³/mol. The molecule has 2 aliphatic rings. The number of rotatable bonds is 7. The van der Waals surface area contributed by atoms with E-state index in [1.807, 2.05) is 42.5 Å². The van der Waals surface area contributed by atoms with E-state index in [1.165, 1.54) is 4.90 Å². The molecule has 2 aliphatic heterocycles. The van der Waals surface area contributed by atoms with Crippen molar-refractivity contribution in [2.45, 2.75) is 17.4 Å². The van der Waals surface area contributed by atoms with Crippen LogP contribution in [0, 0.1) is 0 Å². The lowest BCUT2D eigenvalue weighted by atomic mass is 10.2. The Balaban J connectivity index is 1.32. The van der Waals surface area contributed by atoms with Gasteiger partial charge in [0.1, 0.15) is 11.0 Å². The van der Waals surface area contributed by atoms with Crippen LogP contribution < -0.4 is 14.4 Å². The number of methoxy groups -OCH3 is 1. The largest absolute Gasteiger partial charge is 0.493 e. The van der Waals surface area contributed by atoms with Crippen LogP contribution in [0.15, 0.2) is 83.8 Å². The van der Waals surface area contributed by atoms with Crippen molar-refractivity contribution < 1.29 is 22.7 Å². The summed E-state index contributed by atoms with van der Waals surface area (Å²) in [5.41, 5.74) is 0.989. The molecule has 0 radical (unpaired) electrons. The molecule has 0 aliphatic carbocycles. The molecular formula is C26H27N3O5S. The molecule has 9 heteroatoms. The van der Waals surface area contributed by atoms with Crippen molar-refractivity contribution in [2.75, 3.05) is 38.2 Å². The third-order valence-corrected chi connectivity index (χ3v) is 8.12. The number of sulfonamides is 1. The molecule has 3 aromatic rings. The van der Waals surface area contributed by atoms with Gasteiger partial charge in [0.25, 0.3) is 10.0 Å². The van der Waals surface area contributed by atoms with Crippen molar-refractivity contribution in [3.8, 4) is 11.5 Å². The number of likely N-dealkylation sites (tertiary alicyclic amines) is 1. The minimum atomic E-state index is -3.97. The van der Waals surface area contributed by atoms with Crippen LogP contribution in [-0.2, 0) is 10.0 Å². The van der Waals surface area contributed by atoms with E-state index in [2.05, 4.69) is 4.90 Å². The maximum Gasteiger partial charge on any atom is 0.343 e. The van der Waals surface area contributed by atoms with Gasteiger partial charge in [-0.2, -0.15) is 0 Å². The van der Waals surface area contributed by atoms with Gasteiger partial charge in [0.15, 0.2) is 11.5 Å². The maximum absolute atomic E-state index is 13.5. The van der Waals surface area contributed by atoms with Crippen molar-refractivity contribution in [3.05, 3.63) is 78.9 Å². The molecule has 8 nitrogen and oxygen atoms in total. The third-order valence-electron chi connectivity index (χ3n) is 6.30. The summed E-state index contributed by atoms with van der Waals surface area (Å²) in [7, 11) is -2.36. The summed E-state index contributed by atoms with van der Waals surface area (Å²) in [4.78, 5) is 17.2. The van der Waals surface area contributed by atoms with Gasteiger partial charge in [0.05, 0.1) is 25.0 Å². The van der Waals surface area contributed by atoms with Crippen LogP contribution in [0.1, 0.15) is 6.42 Å². The molecule has 1 saturated heterocycles. The van der Waals surface area contributed by atoms with E-state index in [9.17, 15) is 13.2 Å². The molecule has 2 heterocycles. The zero-order valence-corrected chi connectivity index (χ0v) is 20.2. The predicted octanol–water partition coefficient (Wildman–Crippen LogP) is 4.11. The highest BCUT2D eigenvalue weighted by atomic mass is 32.2. The van der Waals surface area contributed by atoms with Gasteiger partial charge in [-0.1, -0.05) is 42.5 Å². The van der Waals surface area contributed by atoms with Gasteiger partial charge in [0.2, 0.25) is 0 Å². The fraction of sp³-hybridized carbons (Fsp3) is 0.269. The first-order valence-electron chi connectivity index (χ1n) is 11.5. The Labute approximate surface area is 205 Å². The van der Waals surface area contributed by atoms with Crippen molar-refractivity contribution in [1.82, 2.24) is 9.21 Å². The van der Waals surface area contributed by atoms with Crippen molar-refractivity contribution in [1.29, 1.82) is 0 Å². The Morgan fingerprint density at radius 2 is 1.57 bits per heavy atom. The summed E-state index contributed by atoms with van der Waals surface area (Å²) in [6, 6.07) is 22.7. The zero-order chi connectivity index (χ0) is 24.4. The van der Waals surface area contributed by atoms with Crippen LogP contribution >= 0.6 is 0 Å². The van der Waals surface area contributed by atoms with Gasteiger partial charge in [-0.25, -0.2) is 17.5 Å². The Kier molecular flexibility index (Phi) is 6.36. The van der Waals surface area contributed by atoms with E-state index < -0.39 is 16.1 Å². The molecular weight excluding hydrogens is 466 g/mol. The van der Waals surface area contributed by atoms with Gasteiger partial charge >= 0.3 is 6.03 Å².